The molecule has 0 spiro atoms. The number of nitrogens with zero attached hydrogens (tertiary/aromatic N) is 4. The molecule has 0 bridgehead atoms. The van der Waals surface area contributed by atoms with Crippen molar-refractivity contribution in [2.45, 2.75) is 31.4 Å². The van der Waals surface area contributed by atoms with Crippen LogP contribution in [0.3, 0.4) is 0 Å². The Labute approximate surface area is 127 Å². The number of aliphatic hydroxyl groups is 1. The molecule has 0 radical (unpaired) electrons. The van der Waals surface area contributed by atoms with E-state index in [0.717, 1.165) is 24.2 Å². The summed E-state index contributed by atoms with van der Waals surface area (Å²) in [7, 11) is 0. The molecule has 2 heterocycles. The second kappa shape index (κ2) is 5.38. The Morgan fingerprint density at radius 3 is 2.86 bits per heavy atom. The fourth-order valence-electron chi connectivity index (χ4n) is 2.47. The van der Waals surface area contributed by atoms with Crippen LogP contribution in [0.25, 0.3) is 0 Å². The molecule has 4 rings (SSSR count). The largest absolute Gasteiger partial charge is 0.380 e. The molecule has 1 fully saturated rings. The van der Waals surface area contributed by atoms with Gasteiger partial charge in [-0.25, -0.2) is 4.98 Å². The lowest BCUT2D eigenvalue weighted by atomic mass is 10.1. The summed E-state index contributed by atoms with van der Waals surface area (Å²) in [5, 5.41) is 14.5. The first kappa shape index (κ1) is 13.2. The molecule has 1 saturated carbocycles. The lowest BCUT2D eigenvalue weighted by Crippen LogP contribution is -2.10. The average Bonchev–Trinajstić information content (AvgIpc) is 3.13. The van der Waals surface area contributed by atoms with Crippen LogP contribution in [0, 0.1) is 0 Å². The number of rotatable bonds is 5. The van der Waals surface area contributed by atoms with Gasteiger partial charge in [-0.1, -0.05) is 35.5 Å². The SMILES string of the molecule is OC(c1ccccc1)c1nccn1Cc1nc(C2CC2)no1. The molecule has 112 valence electrons. The van der Waals surface area contributed by atoms with Gasteiger partial charge in [0, 0.05) is 18.3 Å². The van der Waals surface area contributed by atoms with Gasteiger partial charge in [0.15, 0.2) is 5.82 Å². The summed E-state index contributed by atoms with van der Waals surface area (Å²) in [5.74, 6) is 2.37. The van der Waals surface area contributed by atoms with Crippen molar-refractivity contribution >= 4 is 0 Å². The standard InChI is InChI=1S/C16H16N4O2/c21-14(11-4-2-1-3-5-11)16-17-8-9-20(16)10-13-18-15(19-22-13)12-6-7-12/h1-5,8-9,12,14,21H,6-7,10H2. The summed E-state index contributed by atoms with van der Waals surface area (Å²) in [6.45, 7) is 0.416. The number of imidazole rings is 1. The van der Waals surface area contributed by atoms with Crippen molar-refractivity contribution in [1.82, 2.24) is 19.7 Å². The monoisotopic (exact) mass is 296 g/mol. The molecule has 3 aromatic rings. The summed E-state index contributed by atoms with van der Waals surface area (Å²) in [6.07, 6.45) is 4.98. The summed E-state index contributed by atoms with van der Waals surface area (Å²) in [6, 6.07) is 9.46. The van der Waals surface area contributed by atoms with Crippen LogP contribution < -0.4 is 0 Å². The van der Waals surface area contributed by atoms with E-state index in [-0.39, 0.29) is 0 Å². The molecular formula is C16H16N4O2. The highest BCUT2D eigenvalue weighted by Crippen LogP contribution is 2.38. The van der Waals surface area contributed by atoms with E-state index in [1.807, 2.05) is 41.1 Å². The fraction of sp³-hybridized carbons (Fsp3) is 0.312. The second-order valence-electron chi connectivity index (χ2n) is 5.55. The topological polar surface area (TPSA) is 77.0 Å². The average molecular weight is 296 g/mol. The minimum atomic E-state index is -0.776. The Morgan fingerprint density at radius 1 is 1.27 bits per heavy atom. The van der Waals surface area contributed by atoms with Crippen molar-refractivity contribution in [2.24, 2.45) is 0 Å². The molecule has 0 amide bonds. The van der Waals surface area contributed by atoms with Crippen LogP contribution in [0.2, 0.25) is 0 Å². The Bertz CT molecular complexity index is 761. The van der Waals surface area contributed by atoms with Gasteiger partial charge in [-0.15, -0.1) is 0 Å². The maximum atomic E-state index is 10.5. The number of benzene rings is 1. The van der Waals surface area contributed by atoms with Gasteiger partial charge in [0.1, 0.15) is 18.5 Å². The molecule has 0 aliphatic heterocycles. The van der Waals surface area contributed by atoms with Crippen LogP contribution in [0.15, 0.2) is 47.2 Å². The van der Waals surface area contributed by atoms with Crippen LogP contribution in [-0.4, -0.2) is 24.8 Å². The lowest BCUT2D eigenvalue weighted by molar-refractivity contribution is 0.204. The van der Waals surface area contributed by atoms with Gasteiger partial charge in [-0.3, -0.25) is 0 Å². The zero-order valence-corrected chi connectivity index (χ0v) is 12.0. The van der Waals surface area contributed by atoms with Crippen molar-refractivity contribution in [3.05, 3.63) is 65.8 Å². The zero-order chi connectivity index (χ0) is 14.9. The number of aromatic nitrogens is 4. The van der Waals surface area contributed by atoms with Crippen LogP contribution >= 0.6 is 0 Å². The fourth-order valence-corrected chi connectivity index (χ4v) is 2.47. The Kier molecular flexibility index (Phi) is 3.23. The van der Waals surface area contributed by atoms with E-state index in [1.54, 1.807) is 6.20 Å². The Morgan fingerprint density at radius 2 is 2.09 bits per heavy atom. The van der Waals surface area contributed by atoms with E-state index in [2.05, 4.69) is 15.1 Å². The molecule has 1 atom stereocenters. The molecule has 22 heavy (non-hydrogen) atoms. The first-order chi connectivity index (χ1) is 10.8. The maximum absolute atomic E-state index is 10.5. The van der Waals surface area contributed by atoms with Crippen molar-refractivity contribution in [2.75, 3.05) is 0 Å². The highest BCUT2D eigenvalue weighted by Gasteiger charge is 2.29. The van der Waals surface area contributed by atoms with E-state index >= 15 is 0 Å². The van der Waals surface area contributed by atoms with Gasteiger partial charge in [0.25, 0.3) is 0 Å². The highest BCUT2D eigenvalue weighted by atomic mass is 16.5. The quantitative estimate of drug-likeness (QED) is 0.781. The van der Waals surface area contributed by atoms with Crippen molar-refractivity contribution in [3.8, 4) is 0 Å². The van der Waals surface area contributed by atoms with Gasteiger partial charge >= 0.3 is 0 Å². The van der Waals surface area contributed by atoms with Crippen LogP contribution in [0.1, 0.15) is 48.0 Å². The minimum absolute atomic E-state index is 0.416. The van der Waals surface area contributed by atoms with E-state index in [0.29, 0.717) is 24.2 Å². The molecular weight excluding hydrogens is 280 g/mol. The van der Waals surface area contributed by atoms with Crippen molar-refractivity contribution < 1.29 is 9.63 Å². The normalized spacial score (nSPS) is 15.9. The molecule has 2 aromatic heterocycles. The van der Waals surface area contributed by atoms with Gasteiger partial charge in [-0.2, -0.15) is 4.98 Å². The highest BCUT2D eigenvalue weighted by molar-refractivity contribution is 5.23. The molecule has 1 N–H and O–H groups in total. The molecule has 1 aliphatic carbocycles. The molecule has 1 aliphatic rings. The van der Waals surface area contributed by atoms with Gasteiger partial charge in [0.2, 0.25) is 5.89 Å². The van der Waals surface area contributed by atoms with Gasteiger partial charge in [-0.05, 0) is 18.4 Å². The Balaban J connectivity index is 1.56. The molecule has 1 aromatic carbocycles. The minimum Gasteiger partial charge on any atom is -0.380 e. The summed E-state index contributed by atoms with van der Waals surface area (Å²) in [4.78, 5) is 8.68. The third kappa shape index (κ3) is 2.53. The smallest absolute Gasteiger partial charge is 0.246 e. The predicted octanol–water partition coefficient (Wildman–Crippen LogP) is 2.27. The summed E-state index contributed by atoms with van der Waals surface area (Å²) in [5.41, 5.74) is 0.805. The third-order valence-electron chi connectivity index (χ3n) is 3.84. The van der Waals surface area contributed by atoms with Crippen LogP contribution in [0.5, 0.6) is 0 Å². The maximum Gasteiger partial charge on any atom is 0.246 e. The number of hydrogen-bond acceptors (Lipinski definition) is 5. The van der Waals surface area contributed by atoms with Crippen LogP contribution in [-0.2, 0) is 6.54 Å². The first-order valence-electron chi connectivity index (χ1n) is 7.38. The molecule has 6 nitrogen and oxygen atoms in total. The summed E-state index contributed by atoms with van der Waals surface area (Å²) < 4.78 is 7.12. The van der Waals surface area contributed by atoms with Crippen molar-refractivity contribution in [1.29, 1.82) is 0 Å². The number of hydrogen-bond donors (Lipinski definition) is 1. The van der Waals surface area contributed by atoms with Gasteiger partial charge in [0.05, 0.1) is 0 Å². The van der Waals surface area contributed by atoms with E-state index < -0.39 is 6.10 Å². The zero-order valence-electron chi connectivity index (χ0n) is 12.0. The molecule has 1 unspecified atom stereocenters. The molecule has 6 heteroatoms. The van der Waals surface area contributed by atoms with Crippen LogP contribution in [0.4, 0.5) is 0 Å². The van der Waals surface area contributed by atoms with E-state index in [9.17, 15) is 5.11 Å². The van der Waals surface area contributed by atoms with E-state index in [4.69, 9.17) is 4.52 Å². The van der Waals surface area contributed by atoms with Crippen molar-refractivity contribution in [3.63, 3.8) is 0 Å². The Hall–Kier alpha value is -2.47. The third-order valence-corrected chi connectivity index (χ3v) is 3.84. The first-order valence-corrected chi connectivity index (χ1v) is 7.38. The van der Waals surface area contributed by atoms with Gasteiger partial charge < -0.3 is 14.2 Å². The van der Waals surface area contributed by atoms with E-state index in [1.165, 1.54) is 0 Å². The summed E-state index contributed by atoms with van der Waals surface area (Å²) >= 11 is 0. The second-order valence-corrected chi connectivity index (χ2v) is 5.55. The molecule has 0 saturated heterocycles. The number of aliphatic hydroxyl groups excluding tert-OH is 1. The predicted molar refractivity (Wildman–Crippen MR) is 78.1 cm³/mol. The lowest BCUT2D eigenvalue weighted by Gasteiger charge is -2.12.